The van der Waals surface area contributed by atoms with Gasteiger partial charge in [-0.3, -0.25) is 4.55 Å². The first-order valence-electron chi connectivity index (χ1n) is 4.02. The average molecular weight is 318 g/mol. The van der Waals surface area contributed by atoms with Crippen LogP contribution in [0.2, 0.25) is 0 Å². The van der Waals surface area contributed by atoms with Crippen LogP contribution in [0, 0.1) is 0 Å². The Morgan fingerprint density at radius 2 is 1.26 bits per heavy atom. The first-order chi connectivity index (χ1) is 7.83. The summed E-state index contributed by atoms with van der Waals surface area (Å²) in [4.78, 5) is 0. The zero-order valence-corrected chi connectivity index (χ0v) is 8.90. The van der Waals surface area contributed by atoms with Crippen LogP contribution < -0.4 is 0 Å². The number of hydrogen-bond donors (Lipinski definition) is 1. The fourth-order valence-corrected chi connectivity index (χ4v) is 1.36. The summed E-state index contributed by atoms with van der Waals surface area (Å²) in [5.74, 6) is -5.73. The third-order valence-electron chi connectivity index (χ3n) is 1.76. The molecule has 0 aliphatic heterocycles. The summed E-state index contributed by atoms with van der Waals surface area (Å²) in [7, 11) is -6.12. The van der Waals surface area contributed by atoms with Gasteiger partial charge in [0.2, 0.25) is 6.17 Å². The standard InChI is InChI=1S/C6H6F8O3S.Li.H/c7-1(2(8)4(10)11)3(9)6(13,14)5(12)18(15,16)17;;/h1-5H,(H,15,16,17);;. The second-order valence-corrected chi connectivity index (χ2v) is 4.57. The van der Waals surface area contributed by atoms with E-state index in [-0.39, 0.29) is 18.9 Å². The van der Waals surface area contributed by atoms with Gasteiger partial charge in [-0.05, 0) is 0 Å². The van der Waals surface area contributed by atoms with Crippen molar-refractivity contribution in [2.75, 3.05) is 0 Å². The van der Waals surface area contributed by atoms with Crippen molar-refractivity contribution in [3.63, 3.8) is 0 Å². The molecule has 13 heteroatoms. The Bertz CT molecular complexity index is 377. The molecule has 4 unspecified atom stereocenters. The molecular weight excluding hydrogens is 311 g/mol. The maximum atomic E-state index is 12.7. The molecule has 0 fully saturated rings. The molecule has 0 saturated heterocycles. The molecule has 3 nitrogen and oxygen atoms in total. The van der Waals surface area contributed by atoms with Gasteiger partial charge in [0.05, 0.1) is 0 Å². The molecule has 0 amide bonds. The van der Waals surface area contributed by atoms with E-state index in [0.717, 1.165) is 0 Å². The van der Waals surface area contributed by atoms with Crippen molar-refractivity contribution in [3.8, 4) is 0 Å². The molecule has 0 rings (SSSR count). The Kier molecular flexibility index (Phi) is 7.94. The monoisotopic (exact) mass is 318 g/mol. The average Bonchev–Trinajstić information content (AvgIpc) is 2.23. The van der Waals surface area contributed by atoms with E-state index in [1.165, 1.54) is 0 Å². The molecule has 0 bridgehead atoms. The van der Waals surface area contributed by atoms with Gasteiger partial charge in [-0.15, -0.1) is 0 Å². The molecule has 4 atom stereocenters. The number of hydrogen-bond acceptors (Lipinski definition) is 2. The van der Waals surface area contributed by atoms with E-state index in [4.69, 9.17) is 4.55 Å². The van der Waals surface area contributed by atoms with E-state index in [9.17, 15) is 43.5 Å². The van der Waals surface area contributed by atoms with Gasteiger partial charge in [0, 0.05) is 0 Å². The van der Waals surface area contributed by atoms with Crippen molar-refractivity contribution in [2.24, 2.45) is 0 Å². The van der Waals surface area contributed by atoms with Crippen LogP contribution in [0.15, 0.2) is 0 Å². The predicted octanol–water partition coefficient (Wildman–Crippen LogP) is 1.44. The molecule has 0 aromatic heterocycles. The molecule has 0 spiro atoms. The van der Waals surface area contributed by atoms with Crippen LogP contribution in [0.1, 0.15) is 0 Å². The Morgan fingerprint density at radius 1 is 0.895 bits per heavy atom. The Balaban J connectivity index is 0. The van der Waals surface area contributed by atoms with Gasteiger partial charge in [-0.25, -0.2) is 26.3 Å². The van der Waals surface area contributed by atoms with Gasteiger partial charge in [0.15, 0.2) is 12.3 Å². The van der Waals surface area contributed by atoms with E-state index in [1.807, 2.05) is 0 Å². The number of halogens is 8. The molecule has 1 N–H and O–H groups in total. The van der Waals surface area contributed by atoms with Gasteiger partial charge >= 0.3 is 34.9 Å². The molecule has 19 heavy (non-hydrogen) atoms. The molecular formula is C6H7F8LiO3S. The Hall–Kier alpha value is -0.0526. The molecule has 0 aliphatic carbocycles. The van der Waals surface area contributed by atoms with Crippen molar-refractivity contribution in [2.45, 2.75) is 36.4 Å². The summed E-state index contributed by atoms with van der Waals surface area (Å²) < 4.78 is 126. The van der Waals surface area contributed by atoms with Gasteiger partial charge in [-0.1, -0.05) is 0 Å². The van der Waals surface area contributed by atoms with Crippen molar-refractivity contribution in [1.29, 1.82) is 0 Å². The number of alkyl halides is 8. The fraction of sp³-hybridized carbons (Fsp3) is 1.00. The SMILES string of the molecule is O=S(=O)(O)C(F)C(F)(F)C(F)C(F)C(F)C(F)F.[LiH]. The minimum atomic E-state index is -6.12. The van der Waals surface area contributed by atoms with E-state index in [0.29, 0.717) is 0 Å². The van der Waals surface area contributed by atoms with E-state index in [1.54, 1.807) is 0 Å². The van der Waals surface area contributed by atoms with Crippen LogP contribution in [-0.4, -0.2) is 68.2 Å². The topological polar surface area (TPSA) is 54.4 Å². The van der Waals surface area contributed by atoms with Crippen molar-refractivity contribution < 1.29 is 48.1 Å². The minimum absolute atomic E-state index is 0. The molecule has 0 aromatic rings. The van der Waals surface area contributed by atoms with Crippen LogP contribution in [0.5, 0.6) is 0 Å². The molecule has 0 radical (unpaired) electrons. The Labute approximate surface area is 114 Å². The van der Waals surface area contributed by atoms with Gasteiger partial charge < -0.3 is 0 Å². The van der Waals surface area contributed by atoms with E-state index >= 15 is 0 Å². The third kappa shape index (κ3) is 5.09. The second kappa shape index (κ2) is 7.10. The van der Waals surface area contributed by atoms with Gasteiger partial charge in [-0.2, -0.15) is 17.2 Å². The summed E-state index contributed by atoms with van der Waals surface area (Å²) in [6, 6.07) is 0. The van der Waals surface area contributed by atoms with Crippen molar-refractivity contribution in [1.82, 2.24) is 0 Å². The quantitative estimate of drug-likeness (QED) is 0.458. The fourth-order valence-electron chi connectivity index (χ4n) is 0.836. The summed E-state index contributed by atoms with van der Waals surface area (Å²) in [5, 5.41) is 0. The van der Waals surface area contributed by atoms with Crippen LogP contribution in [0.3, 0.4) is 0 Å². The molecule has 0 saturated carbocycles. The molecule has 0 aliphatic rings. The van der Waals surface area contributed by atoms with Crippen LogP contribution in [0.4, 0.5) is 35.1 Å². The third-order valence-corrected chi connectivity index (χ3v) is 2.59. The zero-order chi connectivity index (χ0) is 14.9. The van der Waals surface area contributed by atoms with Crippen molar-refractivity contribution >= 4 is 29.0 Å². The van der Waals surface area contributed by atoms with Crippen LogP contribution >= 0.6 is 0 Å². The summed E-state index contributed by atoms with van der Waals surface area (Å²) >= 11 is 0. The van der Waals surface area contributed by atoms with Crippen LogP contribution in [-0.2, 0) is 10.1 Å². The first-order valence-corrected chi connectivity index (χ1v) is 5.52. The summed E-state index contributed by atoms with van der Waals surface area (Å²) in [5.41, 5.74) is -4.61. The first kappa shape index (κ1) is 21.2. The van der Waals surface area contributed by atoms with Crippen molar-refractivity contribution in [3.05, 3.63) is 0 Å². The Morgan fingerprint density at radius 3 is 1.53 bits per heavy atom. The normalized spacial score (nSPS) is 19.5. The maximum absolute atomic E-state index is 12.7. The zero-order valence-electron chi connectivity index (χ0n) is 8.08. The van der Waals surface area contributed by atoms with Gasteiger partial charge in [0.25, 0.3) is 11.9 Å². The van der Waals surface area contributed by atoms with E-state index < -0.39 is 46.5 Å². The molecule has 0 heterocycles. The summed E-state index contributed by atoms with van der Waals surface area (Å²) in [6.07, 6.45) is -16.9. The van der Waals surface area contributed by atoms with Gasteiger partial charge in [0.1, 0.15) is 0 Å². The van der Waals surface area contributed by atoms with E-state index in [2.05, 4.69) is 0 Å². The number of rotatable bonds is 6. The predicted molar refractivity (Wildman–Crippen MR) is 49.2 cm³/mol. The summed E-state index contributed by atoms with van der Waals surface area (Å²) in [6.45, 7) is 0. The second-order valence-electron chi connectivity index (χ2n) is 3.13. The molecule has 0 aromatic carbocycles. The van der Waals surface area contributed by atoms with Crippen LogP contribution in [0.25, 0.3) is 0 Å². The molecule has 112 valence electrons.